The number of hydrogen-bond donors (Lipinski definition) is 4. The number of thiazole rings is 1. The van der Waals surface area contributed by atoms with Crippen molar-refractivity contribution < 1.29 is 38.5 Å². The average Bonchev–Trinajstić information content (AvgIpc) is 3.58. The van der Waals surface area contributed by atoms with Crippen LogP contribution in [0.1, 0.15) is 80.1 Å². The number of amides is 3. The number of nitrogens with zero attached hydrogens (tertiary/aromatic N) is 3. The highest BCUT2D eigenvalue weighted by Gasteiger charge is 2.60. The van der Waals surface area contributed by atoms with Crippen LogP contribution >= 0.6 is 27.3 Å². The zero-order chi connectivity index (χ0) is 39.1. The van der Waals surface area contributed by atoms with Gasteiger partial charge in [0.1, 0.15) is 47.0 Å². The molecule has 1 aliphatic heterocycles. The van der Waals surface area contributed by atoms with Crippen molar-refractivity contribution in [2.45, 2.75) is 116 Å². The molecule has 0 bridgehead atoms. The zero-order valence-electron chi connectivity index (χ0n) is 31.7. The largest absolute Gasteiger partial charge is 0.495 e. The fraction of sp³-hybridized carbons (Fsp3) is 0.579. The molecule has 1 unspecified atom stereocenters. The number of ether oxygens (including phenoxy) is 3. The number of carboxylic acids is 1. The summed E-state index contributed by atoms with van der Waals surface area (Å²) < 4.78 is 18.6. The molecule has 3 aromatic rings. The number of pyridine rings is 1. The van der Waals surface area contributed by atoms with Gasteiger partial charge in [0, 0.05) is 29.3 Å². The Kier molecular flexibility index (Phi) is 11.4. The summed E-state index contributed by atoms with van der Waals surface area (Å²) in [4.78, 5) is 65.1. The predicted octanol–water partition coefficient (Wildman–Crippen LogP) is 6.36. The molecule has 5 atom stereocenters. The van der Waals surface area contributed by atoms with Gasteiger partial charge in [0.25, 0.3) is 0 Å². The summed E-state index contributed by atoms with van der Waals surface area (Å²) in [5, 5.41) is 22.2. The van der Waals surface area contributed by atoms with E-state index < -0.39 is 53.0 Å². The monoisotopic (exact) mass is 828 g/mol. The number of hydrogen-bond acceptors (Lipinski definition) is 11. The molecule has 0 radical (unpaired) electrons. The standard InChI is InChI=1S/C38H49BrN6O8S/c1-19(2)40-35-42-25(18-54-35)24-15-28(23-12-13-27(51-7)29(39)30(23)41-24)52-22-14-26(32(46)44-38(34(48)49)16-20(38)3)45(17-22)33(47)31(37(4,5)6)43-36(50)53-21-10-8-9-11-21/h12-13,15,18-22,26,31H,8-11,14,16-17H2,1-7H3,(H,40,42)(H,43,50)(H,44,46)(H,48,49)/t20-,22-,26+,31?,38-/m1/s1. The number of carbonyl (C=O) groups is 4. The van der Waals surface area contributed by atoms with E-state index in [1.54, 1.807) is 26.2 Å². The molecule has 14 nitrogen and oxygen atoms in total. The molecule has 4 N–H and O–H groups in total. The lowest BCUT2D eigenvalue weighted by molar-refractivity contribution is -0.146. The van der Waals surface area contributed by atoms with Crippen LogP contribution in [0.2, 0.25) is 0 Å². The topological polar surface area (TPSA) is 181 Å². The minimum Gasteiger partial charge on any atom is -0.495 e. The Morgan fingerprint density at radius 1 is 1.07 bits per heavy atom. The van der Waals surface area contributed by atoms with Gasteiger partial charge in [0.05, 0.1) is 29.3 Å². The van der Waals surface area contributed by atoms with E-state index in [1.807, 2.05) is 46.1 Å². The minimum absolute atomic E-state index is 0.00584. The molecule has 1 aromatic carbocycles. The van der Waals surface area contributed by atoms with Crippen LogP contribution in [-0.4, -0.2) is 93.4 Å². The third-order valence-corrected chi connectivity index (χ3v) is 11.9. The van der Waals surface area contributed by atoms with Gasteiger partial charge in [0.15, 0.2) is 5.13 Å². The third-order valence-electron chi connectivity index (χ3n) is 10.4. The van der Waals surface area contributed by atoms with Crippen LogP contribution in [0.3, 0.4) is 0 Å². The summed E-state index contributed by atoms with van der Waals surface area (Å²) in [6.07, 6.45) is 2.24. The number of carboxylic acid groups (broad SMARTS) is 1. The van der Waals surface area contributed by atoms with Crippen molar-refractivity contribution in [2.24, 2.45) is 11.3 Å². The van der Waals surface area contributed by atoms with Gasteiger partial charge in [-0.1, -0.05) is 27.7 Å². The van der Waals surface area contributed by atoms with Crippen molar-refractivity contribution in [1.29, 1.82) is 0 Å². The summed E-state index contributed by atoms with van der Waals surface area (Å²) in [5.41, 5.74) is -0.431. The molecule has 3 fully saturated rings. The third kappa shape index (κ3) is 8.24. The number of fused-ring (bicyclic) bond motifs is 1. The second-order valence-corrected chi connectivity index (χ2v) is 17.6. The quantitative estimate of drug-likeness (QED) is 0.160. The highest BCUT2D eigenvalue weighted by atomic mass is 79.9. The number of likely N-dealkylation sites (tertiary alicyclic amines) is 1. The van der Waals surface area contributed by atoms with E-state index in [1.165, 1.54) is 16.2 Å². The van der Waals surface area contributed by atoms with Crippen LogP contribution in [0.5, 0.6) is 11.5 Å². The van der Waals surface area contributed by atoms with Crippen molar-refractivity contribution in [3.05, 3.63) is 28.1 Å². The summed E-state index contributed by atoms with van der Waals surface area (Å²) in [6, 6.07) is 3.47. The van der Waals surface area contributed by atoms with Crippen LogP contribution in [0, 0.1) is 11.3 Å². The summed E-state index contributed by atoms with van der Waals surface area (Å²) in [6.45, 7) is 11.3. The molecule has 54 heavy (non-hydrogen) atoms. The highest BCUT2D eigenvalue weighted by molar-refractivity contribution is 9.10. The number of halogens is 1. The maximum absolute atomic E-state index is 14.6. The van der Waals surface area contributed by atoms with E-state index in [4.69, 9.17) is 24.2 Å². The molecule has 6 rings (SSSR count). The van der Waals surface area contributed by atoms with Crippen molar-refractivity contribution in [2.75, 3.05) is 19.0 Å². The lowest BCUT2D eigenvalue weighted by Crippen LogP contribution is -2.59. The van der Waals surface area contributed by atoms with Gasteiger partial charge in [-0.2, -0.15) is 0 Å². The molecule has 3 amide bonds. The molecule has 0 spiro atoms. The fourth-order valence-corrected chi connectivity index (χ4v) is 8.68. The average molecular weight is 830 g/mol. The predicted molar refractivity (Wildman–Crippen MR) is 208 cm³/mol. The summed E-state index contributed by atoms with van der Waals surface area (Å²) >= 11 is 5.11. The normalized spacial score (nSPS) is 23.3. The maximum atomic E-state index is 14.6. The first-order valence-electron chi connectivity index (χ1n) is 18.4. The minimum atomic E-state index is -1.41. The van der Waals surface area contributed by atoms with E-state index in [9.17, 15) is 24.3 Å². The second kappa shape index (κ2) is 15.5. The van der Waals surface area contributed by atoms with Crippen LogP contribution < -0.4 is 25.4 Å². The van der Waals surface area contributed by atoms with Gasteiger partial charge in [-0.3, -0.25) is 9.59 Å². The van der Waals surface area contributed by atoms with Crippen molar-refractivity contribution in [3.63, 3.8) is 0 Å². The molecule has 292 valence electrons. The first kappa shape index (κ1) is 39.5. The Bertz CT molecular complexity index is 1930. The molecule has 1 saturated heterocycles. The molecule has 2 aromatic heterocycles. The van der Waals surface area contributed by atoms with E-state index in [-0.39, 0.29) is 37.5 Å². The van der Waals surface area contributed by atoms with Crippen molar-refractivity contribution in [3.8, 4) is 22.9 Å². The molecular weight excluding hydrogens is 780 g/mol. The smallest absolute Gasteiger partial charge is 0.408 e. The Balaban J connectivity index is 1.34. The number of methoxy groups -OCH3 is 1. The van der Waals surface area contributed by atoms with Gasteiger partial charge in [0.2, 0.25) is 11.8 Å². The summed E-state index contributed by atoms with van der Waals surface area (Å²) in [5.74, 6) is -1.46. The van der Waals surface area contributed by atoms with Gasteiger partial charge < -0.3 is 40.2 Å². The Morgan fingerprint density at radius 2 is 1.78 bits per heavy atom. The highest BCUT2D eigenvalue weighted by Crippen LogP contribution is 2.44. The van der Waals surface area contributed by atoms with Gasteiger partial charge >= 0.3 is 12.1 Å². The zero-order valence-corrected chi connectivity index (χ0v) is 34.1. The number of aliphatic carboxylic acids is 1. The second-order valence-electron chi connectivity index (χ2n) is 15.9. The number of rotatable bonds is 12. The van der Waals surface area contributed by atoms with Crippen LogP contribution in [-0.2, 0) is 19.1 Å². The van der Waals surface area contributed by atoms with E-state index in [0.29, 0.717) is 38.3 Å². The number of carbonyl (C=O) groups excluding carboxylic acids is 3. The van der Waals surface area contributed by atoms with E-state index in [2.05, 4.69) is 31.9 Å². The number of benzene rings is 1. The molecule has 2 aliphatic carbocycles. The Labute approximate surface area is 327 Å². The van der Waals surface area contributed by atoms with Gasteiger partial charge in [-0.15, -0.1) is 11.3 Å². The molecule has 16 heteroatoms. The summed E-state index contributed by atoms with van der Waals surface area (Å²) in [7, 11) is 1.57. The fourth-order valence-electron chi connectivity index (χ4n) is 7.23. The molecular formula is C38H49BrN6O8S. The van der Waals surface area contributed by atoms with Crippen LogP contribution in [0.15, 0.2) is 28.1 Å². The van der Waals surface area contributed by atoms with Crippen molar-refractivity contribution in [1.82, 2.24) is 25.5 Å². The number of nitrogens with one attached hydrogen (secondary N) is 3. The van der Waals surface area contributed by atoms with Crippen LogP contribution in [0.25, 0.3) is 22.3 Å². The van der Waals surface area contributed by atoms with E-state index >= 15 is 0 Å². The first-order valence-corrected chi connectivity index (χ1v) is 20.1. The number of aromatic nitrogens is 2. The number of anilines is 1. The van der Waals surface area contributed by atoms with Crippen molar-refractivity contribution >= 4 is 67.2 Å². The van der Waals surface area contributed by atoms with Crippen LogP contribution in [0.4, 0.5) is 9.93 Å². The molecule has 3 aliphatic rings. The molecule has 3 heterocycles. The number of alkyl carbamates (subject to hydrolysis) is 1. The van der Waals surface area contributed by atoms with Gasteiger partial charge in [-0.25, -0.2) is 19.6 Å². The lowest BCUT2D eigenvalue weighted by Gasteiger charge is -2.35. The Hall–Kier alpha value is -4.18. The lowest BCUT2D eigenvalue weighted by atomic mass is 9.85. The maximum Gasteiger partial charge on any atom is 0.408 e. The van der Waals surface area contributed by atoms with Gasteiger partial charge in [-0.05, 0) is 85.3 Å². The SMILES string of the molecule is COc1ccc2c(O[C@@H]3C[C@@H](C(=O)N[C@]4(C(=O)O)C[C@H]4C)N(C(=O)C(NC(=O)OC4CCCC4)C(C)(C)C)C3)cc(-c3csc(NC(C)C)n3)nc2c1Br. The Morgan fingerprint density at radius 3 is 2.39 bits per heavy atom. The molecule has 2 saturated carbocycles. The first-order chi connectivity index (χ1) is 25.5. The van der Waals surface area contributed by atoms with E-state index in [0.717, 1.165) is 30.8 Å².